The smallest absolute Gasteiger partial charge is 0.348 e. The number of nitrogens with one attached hydrogen (secondary N) is 1. The van der Waals surface area contributed by atoms with E-state index in [0.29, 0.717) is 16.2 Å². The van der Waals surface area contributed by atoms with Gasteiger partial charge in [-0.05, 0) is 55.1 Å². The molecule has 1 aromatic heterocycles. The lowest BCUT2D eigenvalue weighted by molar-refractivity contribution is -0.150. The number of carbonyl (C=O) groups excluding carboxylic acids is 2. The third-order valence-electron chi connectivity index (χ3n) is 4.82. The van der Waals surface area contributed by atoms with E-state index >= 15 is 0 Å². The molecule has 0 spiro atoms. The topological polar surface area (TPSA) is 100 Å². The molecule has 36 heavy (non-hydrogen) atoms. The first kappa shape index (κ1) is 27.6. The summed E-state index contributed by atoms with van der Waals surface area (Å²) >= 11 is 1.31. The predicted molar refractivity (Wildman–Crippen MR) is 141 cm³/mol. The monoisotopic (exact) mass is 531 g/mol. The van der Waals surface area contributed by atoms with Gasteiger partial charge in [0.15, 0.2) is 0 Å². The average molecular weight is 532 g/mol. The molecular formula is C26H30NO7PS. The standard InChI is InChI=1S/C26H30NO7PS/c1-5-13-32-26(29)24-15-20-14-19(11-12-23(20)36-24)17-35(30,34-21-9-7-6-8-10-21)27-22(16-31-4)25(28)33-18(2)3/h5-12,14-15,18,22H,1,13,16-17H2,2-4H3,(H,27,30)/t22-,35?/m0/s1. The number of para-hydroxylation sites is 1. The van der Waals surface area contributed by atoms with Crippen molar-refractivity contribution < 1.29 is 32.9 Å². The Kier molecular flexibility index (Phi) is 9.84. The first-order valence-corrected chi connectivity index (χ1v) is 14.0. The Bertz CT molecular complexity index is 1240. The minimum absolute atomic E-state index is 0.0148. The summed E-state index contributed by atoms with van der Waals surface area (Å²) in [5.41, 5.74) is 0.700. The van der Waals surface area contributed by atoms with Gasteiger partial charge >= 0.3 is 19.5 Å². The van der Waals surface area contributed by atoms with E-state index in [4.69, 9.17) is 18.7 Å². The highest BCUT2D eigenvalue weighted by Gasteiger charge is 2.33. The van der Waals surface area contributed by atoms with Crippen molar-refractivity contribution in [1.82, 2.24) is 5.09 Å². The SMILES string of the molecule is C=CCOC(=O)c1cc2cc(CP(=O)(N[C@@H](COC)C(=O)OC(C)C)Oc3ccccc3)ccc2s1. The van der Waals surface area contributed by atoms with Crippen LogP contribution < -0.4 is 9.61 Å². The molecule has 0 amide bonds. The van der Waals surface area contributed by atoms with E-state index in [1.165, 1.54) is 24.5 Å². The van der Waals surface area contributed by atoms with Gasteiger partial charge in [0.1, 0.15) is 23.3 Å². The summed E-state index contributed by atoms with van der Waals surface area (Å²) in [5.74, 6) is -0.617. The van der Waals surface area contributed by atoms with Gasteiger partial charge in [-0.3, -0.25) is 9.36 Å². The zero-order valence-corrected chi connectivity index (χ0v) is 22.2. The molecule has 1 heterocycles. The second kappa shape index (κ2) is 12.8. The number of hydrogen-bond donors (Lipinski definition) is 1. The van der Waals surface area contributed by atoms with Crippen molar-refractivity contribution in [3.63, 3.8) is 0 Å². The molecular weight excluding hydrogens is 501 g/mol. The van der Waals surface area contributed by atoms with Crippen molar-refractivity contribution in [2.24, 2.45) is 0 Å². The molecule has 0 fully saturated rings. The maximum Gasteiger partial charge on any atom is 0.348 e. The van der Waals surface area contributed by atoms with Crippen molar-refractivity contribution in [2.45, 2.75) is 32.2 Å². The quantitative estimate of drug-likeness (QED) is 0.174. The summed E-state index contributed by atoms with van der Waals surface area (Å²) < 4.78 is 36.6. The fourth-order valence-electron chi connectivity index (χ4n) is 3.37. The third-order valence-corrected chi connectivity index (χ3v) is 7.91. The molecule has 3 rings (SSSR count). The number of ether oxygens (including phenoxy) is 3. The number of benzene rings is 2. The molecule has 2 aromatic carbocycles. The van der Waals surface area contributed by atoms with Crippen LogP contribution >= 0.6 is 18.9 Å². The molecule has 0 aliphatic heterocycles. The van der Waals surface area contributed by atoms with Gasteiger partial charge in [0.2, 0.25) is 0 Å². The molecule has 0 radical (unpaired) electrons. The molecule has 0 aliphatic rings. The van der Waals surface area contributed by atoms with E-state index in [0.717, 1.165) is 10.1 Å². The van der Waals surface area contributed by atoms with Crippen molar-refractivity contribution >= 4 is 40.9 Å². The zero-order valence-electron chi connectivity index (χ0n) is 20.5. The van der Waals surface area contributed by atoms with Crippen LogP contribution in [0.2, 0.25) is 0 Å². The second-order valence-electron chi connectivity index (χ2n) is 8.23. The second-order valence-corrected chi connectivity index (χ2v) is 11.4. The summed E-state index contributed by atoms with van der Waals surface area (Å²) in [4.78, 5) is 25.3. The highest BCUT2D eigenvalue weighted by molar-refractivity contribution is 7.56. The van der Waals surface area contributed by atoms with Gasteiger partial charge in [0.05, 0.1) is 18.9 Å². The number of thiophene rings is 1. The number of esters is 2. The normalized spacial score (nSPS) is 13.7. The van der Waals surface area contributed by atoms with Gasteiger partial charge < -0.3 is 18.7 Å². The van der Waals surface area contributed by atoms with Crippen LogP contribution in [0.5, 0.6) is 5.75 Å². The van der Waals surface area contributed by atoms with Crippen LogP contribution in [0.3, 0.4) is 0 Å². The van der Waals surface area contributed by atoms with Crippen LogP contribution in [0.15, 0.2) is 67.3 Å². The molecule has 1 unspecified atom stereocenters. The Labute approximate surface area is 214 Å². The Hall–Kier alpha value is -2.97. The van der Waals surface area contributed by atoms with Gasteiger partial charge in [-0.15, -0.1) is 11.3 Å². The van der Waals surface area contributed by atoms with Crippen LogP contribution in [0.4, 0.5) is 0 Å². The largest absolute Gasteiger partial charge is 0.462 e. The molecule has 0 saturated heterocycles. The summed E-state index contributed by atoms with van der Waals surface area (Å²) in [6.45, 7) is 7.10. The molecule has 10 heteroatoms. The van der Waals surface area contributed by atoms with E-state index < -0.39 is 25.5 Å². The molecule has 0 bridgehead atoms. The van der Waals surface area contributed by atoms with E-state index in [9.17, 15) is 14.2 Å². The van der Waals surface area contributed by atoms with E-state index in [1.54, 1.807) is 44.2 Å². The number of hydrogen-bond acceptors (Lipinski definition) is 8. The van der Waals surface area contributed by atoms with Crippen LogP contribution in [-0.2, 0) is 29.7 Å². The first-order valence-electron chi connectivity index (χ1n) is 11.3. The Morgan fingerprint density at radius 2 is 1.89 bits per heavy atom. The highest BCUT2D eigenvalue weighted by atomic mass is 32.1. The Morgan fingerprint density at radius 3 is 2.56 bits per heavy atom. The molecule has 8 nitrogen and oxygen atoms in total. The lowest BCUT2D eigenvalue weighted by atomic mass is 10.2. The van der Waals surface area contributed by atoms with Gasteiger partial charge in [0.25, 0.3) is 0 Å². The number of methoxy groups -OCH3 is 1. The molecule has 0 saturated carbocycles. The van der Waals surface area contributed by atoms with Gasteiger partial charge in [-0.1, -0.05) is 36.9 Å². The molecule has 2 atom stereocenters. The lowest BCUT2D eigenvalue weighted by Gasteiger charge is -2.26. The average Bonchev–Trinajstić information content (AvgIpc) is 3.26. The van der Waals surface area contributed by atoms with Crippen LogP contribution in [0, 0.1) is 0 Å². The van der Waals surface area contributed by atoms with Gasteiger partial charge in [0, 0.05) is 11.8 Å². The summed E-state index contributed by atoms with van der Waals surface area (Å²) in [7, 11) is -2.23. The maximum atomic E-state index is 14.1. The molecule has 192 valence electrons. The zero-order chi connectivity index (χ0) is 26.1. The van der Waals surface area contributed by atoms with Crippen molar-refractivity contribution in [1.29, 1.82) is 0 Å². The van der Waals surface area contributed by atoms with Crippen LogP contribution in [-0.4, -0.2) is 44.4 Å². The number of rotatable bonds is 13. The number of fused-ring (bicyclic) bond motifs is 1. The minimum Gasteiger partial charge on any atom is -0.462 e. The first-order chi connectivity index (χ1) is 17.2. The summed E-state index contributed by atoms with van der Waals surface area (Å²) in [5, 5.41) is 3.69. The molecule has 1 N–H and O–H groups in total. The number of carbonyl (C=O) groups is 2. The van der Waals surface area contributed by atoms with Crippen molar-refractivity contribution in [3.05, 3.63) is 77.7 Å². The molecule has 0 aliphatic carbocycles. The van der Waals surface area contributed by atoms with Crippen LogP contribution in [0.1, 0.15) is 29.1 Å². The van der Waals surface area contributed by atoms with Gasteiger partial charge in [-0.25, -0.2) is 9.88 Å². The van der Waals surface area contributed by atoms with Crippen LogP contribution in [0.25, 0.3) is 10.1 Å². The summed E-state index contributed by atoms with van der Waals surface area (Å²) in [6.07, 6.45) is 1.15. The van der Waals surface area contributed by atoms with Crippen molar-refractivity contribution in [3.8, 4) is 5.75 Å². The third kappa shape index (κ3) is 7.77. The van der Waals surface area contributed by atoms with E-state index in [1.807, 2.05) is 24.3 Å². The highest BCUT2D eigenvalue weighted by Crippen LogP contribution is 2.47. The van der Waals surface area contributed by atoms with E-state index in [2.05, 4.69) is 11.7 Å². The lowest BCUT2D eigenvalue weighted by Crippen LogP contribution is -2.41. The van der Waals surface area contributed by atoms with E-state index in [-0.39, 0.29) is 25.5 Å². The summed E-state index contributed by atoms with van der Waals surface area (Å²) in [6, 6.07) is 15.0. The maximum absolute atomic E-state index is 14.1. The fraction of sp³-hybridized carbons (Fsp3) is 0.308. The predicted octanol–water partition coefficient (Wildman–Crippen LogP) is 5.57. The van der Waals surface area contributed by atoms with Gasteiger partial charge in [-0.2, -0.15) is 0 Å². The Balaban J connectivity index is 1.90. The minimum atomic E-state index is -3.68. The molecule has 3 aromatic rings. The Morgan fingerprint density at radius 1 is 1.14 bits per heavy atom. The fourth-order valence-corrected chi connectivity index (χ4v) is 6.31. The van der Waals surface area contributed by atoms with Crippen molar-refractivity contribution in [2.75, 3.05) is 20.3 Å².